The van der Waals surface area contributed by atoms with E-state index in [-0.39, 0.29) is 157 Å². The number of carbonyl (C=O) groups is 14. The van der Waals surface area contributed by atoms with Crippen LogP contribution in [0.1, 0.15) is 251 Å². The Labute approximate surface area is 884 Å². The third-order valence-corrected chi connectivity index (χ3v) is 22.2. The summed E-state index contributed by atoms with van der Waals surface area (Å²) in [5.41, 5.74) is 21.3. The summed E-state index contributed by atoms with van der Waals surface area (Å²) >= 11 is 21.7. The van der Waals surface area contributed by atoms with Gasteiger partial charge in [-0.25, -0.2) is 36.7 Å². The number of benzene rings is 5. The summed E-state index contributed by atoms with van der Waals surface area (Å²) in [4.78, 5) is 175. The number of phenols is 2. The van der Waals surface area contributed by atoms with Crippen molar-refractivity contribution in [1.29, 1.82) is 0 Å². The number of anilines is 2. The molecule has 7 heterocycles. The number of carboxylic acid groups (broad SMARTS) is 3. The first kappa shape index (κ1) is 120. The summed E-state index contributed by atoms with van der Waals surface area (Å²) in [6.45, 7) is 22.4. The lowest BCUT2D eigenvalue weighted by molar-refractivity contribution is -0.197. The molecule has 0 atom stereocenters. The lowest BCUT2D eigenvalue weighted by Crippen LogP contribution is -2.32. The molecule has 2 fully saturated rings. The van der Waals surface area contributed by atoms with Gasteiger partial charge in [0.1, 0.15) is 57.5 Å². The molecule has 0 spiro atoms. The van der Waals surface area contributed by atoms with Crippen LogP contribution in [0.4, 0.5) is 11.4 Å². The van der Waals surface area contributed by atoms with E-state index < -0.39 is 77.2 Å². The number of hydrogen-bond acceptors (Lipinski definition) is 38. The van der Waals surface area contributed by atoms with E-state index in [0.717, 1.165) is 46.0 Å². The van der Waals surface area contributed by atoms with E-state index in [9.17, 15) is 77.3 Å². The topological polar surface area (TPSA) is 567 Å². The number of nitrogens with one attached hydrogen (secondary N) is 5. The molecule has 0 saturated carbocycles. The minimum absolute atomic E-state index is 0.000177. The Kier molecular flexibility index (Phi) is 46.1. The molecule has 43 nitrogen and oxygen atoms in total. The van der Waals surface area contributed by atoms with Crippen LogP contribution in [0, 0.1) is 0 Å². The Morgan fingerprint density at radius 3 is 0.966 bits per heavy atom. The summed E-state index contributed by atoms with van der Waals surface area (Å²) in [5, 5.41) is 69.0. The summed E-state index contributed by atoms with van der Waals surface area (Å²) < 4.78 is 42.8. The lowest BCUT2D eigenvalue weighted by atomic mass is 9.98. The molecule has 148 heavy (non-hydrogen) atoms. The molecule has 0 aliphatic carbocycles. The number of phenolic OH excluding ortho intramolecular Hbond substituents is 2. The molecule has 48 heteroatoms. The van der Waals surface area contributed by atoms with Crippen LogP contribution in [0.5, 0.6) is 57.5 Å². The molecule has 12 rings (SSSR count). The first-order valence-electron chi connectivity index (χ1n) is 47.9. The number of ether oxygens (including phenoxy) is 8. The molecular formula is C100H132N14O29S5. The van der Waals surface area contributed by atoms with Crippen LogP contribution in [0.3, 0.4) is 0 Å². The third-order valence-electron chi connectivity index (χ3n) is 21.4. The number of amides is 9. The predicted molar refractivity (Wildman–Crippen MR) is 564 cm³/mol. The van der Waals surface area contributed by atoms with Crippen LogP contribution in [-0.2, 0) is 76.8 Å². The number of hydrazone groups is 5. The number of hydrogen-bond donors (Lipinski definition) is 15. The predicted octanol–water partition coefficient (Wildman–Crippen LogP) is 11.7. The number of nitrogens with zero attached hydrogens (tertiary/aromatic N) is 9. The van der Waals surface area contributed by atoms with Crippen LogP contribution in [0.2, 0.25) is 0 Å². The fraction of sp³-hybridized carbons (Fsp3) is 0.510. The van der Waals surface area contributed by atoms with E-state index in [1.165, 1.54) is 12.1 Å². The van der Waals surface area contributed by atoms with Gasteiger partial charge < -0.3 is 82.9 Å². The molecule has 7 aliphatic rings. The SMILES string of the molecule is CC(C)(S)CC(=O)N/N=C1\CCOc2cc(OCCCC(=O)O)cc(O)c21.CC(C)(S)CC(=O)N/N=C1\CCOc2cc(OCCCC(=O)O)ccc21.CC(C)(S)CC(=O)N/N=C1\CCOc2cc(OCCCC(=O)ON3C(=O)CCC3=O)ccc21.CN1CC/C(=N\NC(=O)CC(C)(C)S)c2c(O)cc(OCCCC(=O)O)cc21.CN1CC/C(=N\NC(=O)CC(C)(C)S)c2ccc(OCCCC(=O)ON3C(=O)CCC3=O)cc21. The average molecular weight is 2150 g/mol. The first-order valence-corrected chi connectivity index (χ1v) is 50.2. The Hall–Kier alpha value is -13.2. The smallest absolute Gasteiger partial charge is 0.333 e. The number of fused-ring (bicyclic) bond motifs is 5. The number of carboxylic acids is 3. The standard InChI is InChI=1S/C23H30N4O6S.C22H27N3O7S.C19H27N3O5S.C18H24N2O6S.C18H24N2O5S/c1-23(2,34)14-19(28)25-24-17-10-11-26(3)18-13-15(6-7-16(17)18)32-12-4-5-22(31)33-27-20(29)8-9-21(27)30;1-22(2,33)13-18(26)24-23-16-9-11-31-17-12-14(5-6-15(16)17)30-10-3-4-21(29)32-25-19(27)7-8-20(25)28;1-19(2,28)11-16(24)21-20-13-6-7-22(3)14-9-12(10-15(23)18(13)14)27-8-4-5-17(25)26;1-18(2,27)10-15(22)20-19-12-5-7-26-14-9-11(8-13(21)17(12)14)25-6-3-4-16(23)24;1-18(2,26)11-16(21)20-19-14-7-9-25-15-10-12(5-6-13(14)15)24-8-3-4-17(22)23/h6-7,13,34H,4-5,8-12,14H2,1-3H3,(H,25,28);5-6,12,33H,3-4,7-11,13H2,1-2H3,(H,24,26);9-10,23,28H,4-8,11H2,1-3H3,(H,21,24)(H,25,26);8-9,21,27H,3-7,10H2,1-2H3,(H,20,22)(H,23,24);5-6,10,26H,3-4,7-9,11H2,1-2H3,(H,20,21)(H,22,23)/b24-17+;23-16+;20-13+;19-12+;19-14+. The van der Waals surface area contributed by atoms with E-state index in [1.807, 2.05) is 112 Å². The molecule has 2 saturated heterocycles. The van der Waals surface area contributed by atoms with Gasteiger partial charge in [0.25, 0.3) is 23.6 Å². The third kappa shape index (κ3) is 42.6. The van der Waals surface area contributed by atoms with E-state index >= 15 is 0 Å². The van der Waals surface area contributed by atoms with E-state index in [2.05, 4.69) is 121 Å². The number of thiol groups is 5. The average Bonchev–Trinajstić information content (AvgIpc) is 1.38. The highest BCUT2D eigenvalue weighted by atomic mass is 32.1. The van der Waals surface area contributed by atoms with Gasteiger partial charge in [0.05, 0.1) is 111 Å². The second-order valence-corrected chi connectivity index (χ2v) is 44.3. The molecule has 5 aromatic rings. The zero-order valence-electron chi connectivity index (χ0n) is 84.8. The molecule has 5 aromatic carbocycles. The maximum atomic E-state index is 12.1. The maximum Gasteiger partial charge on any atom is 0.333 e. The van der Waals surface area contributed by atoms with Gasteiger partial charge in [0, 0.05) is 225 Å². The number of aromatic hydroxyl groups is 2. The summed E-state index contributed by atoms with van der Waals surface area (Å²) in [6.07, 6.45) is 6.25. The first-order chi connectivity index (χ1) is 69.6. The number of aliphatic carboxylic acids is 3. The van der Waals surface area contributed by atoms with Gasteiger partial charge in [-0.1, -0.05) is 69.2 Å². The highest BCUT2D eigenvalue weighted by Crippen LogP contribution is 2.41. The monoisotopic (exact) mass is 2150 g/mol. The summed E-state index contributed by atoms with van der Waals surface area (Å²) in [7, 11) is 3.86. The van der Waals surface area contributed by atoms with Crippen molar-refractivity contribution in [2.24, 2.45) is 25.5 Å². The minimum atomic E-state index is -0.889. The number of imide groups is 2. The fourth-order valence-electron chi connectivity index (χ4n) is 14.7. The van der Waals surface area contributed by atoms with Gasteiger partial charge in [0.2, 0.25) is 29.5 Å². The highest BCUT2D eigenvalue weighted by Gasteiger charge is 2.36. The summed E-state index contributed by atoms with van der Waals surface area (Å²) in [6, 6.07) is 22.5. The molecule has 9 amide bonds. The molecule has 0 bridgehead atoms. The molecular weight excluding hydrogens is 2020 g/mol. The summed E-state index contributed by atoms with van der Waals surface area (Å²) in [5.74, 6) is -2.89. The zero-order chi connectivity index (χ0) is 109. The van der Waals surface area contributed by atoms with E-state index in [1.54, 1.807) is 42.5 Å². The number of hydroxylamine groups is 4. The van der Waals surface area contributed by atoms with Crippen LogP contribution >= 0.6 is 63.1 Å². The van der Waals surface area contributed by atoms with Crippen molar-refractivity contribution in [2.45, 2.75) is 247 Å². The van der Waals surface area contributed by atoms with Gasteiger partial charge in [-0.05, 0) is 68.5 Å². The number of carbonyl (C=O) groups excluding carboxylic acids is 11. The normalized spacial score (nSPS) is 16.0. The fourth-order valence-corrected chi connectivity index (χ4v) is 15.4. The Morgan fingerprint density at radius 1 is 0.338 bits per heavy atom. The molecule has 10 N–H and O–H groups in total. The van der Waals surface area contributed by atoms with Crippen molar-refractivity contribution >= 4 is 186 Å². The minimum Gasteiger partial charge on any atom is -0.507 e. The van der Waals surface area contributed by atoms with Gasteiger partial charge in [-0.2, -0.15) is 88.7 Å². The van der Waals surface area contributed by atoms with Crippen molar-refractivity contribution in [3.05, 3.63) is 107 Å². The van der Waals surface area contributed by atoms with Crippen molar-refractivity contribution in [3.63, 3.8) is 0 Å². The van der Waals surface area contributed by atoms with Gasteiger partial charge in [-0.3, -0.25) is 57.5 Å². The van der Waals surface area contributed by atoms with Crippen molar-refractivity contribution in [2.75, 3.05) is 89.8 Å². The Morgan fingerprint density at radius 2 is 0.608 bits per heavy atom. The Bertz CT molecular complexity index is 5750. The van der Waals surface area contributed by atoms with Crippen molar-refractivity contribution < 1.29 is 140 Å². The van der Waals surface area contributed by atoms with Gasteiger partial charge in [0.15, 0.2) is 0 Å². The Balaban J connectivity index is 0.000000226. The highest BCUT2D eigenvalue weighted by molar-refractivity contribution is 7.82. The molecule has 0 radical (unpaired) electrons. The number of rotatable bonds is 42. The van der Waals surface area contributed by atoms with Gasteiger partial charge >= 0.3 is 29.8 Å². The molecule has 0 aromatic heterocycles. The van der Waals surface area contributed by atoms with Crippen LogP contribution in [-0.4, -0.2) is 251 Å². The molecule has 0 unspecified atom stereocenters. The van der Waals surface area contributed by atoms with Crippen LogP contribution in [0.25, 0.3) is 0 Å². The van der Waals surface area contributed by atoms with Gasteiger partial charge in [-0.15, -0.1) is 10.1 Å². The second kappa shape index (κ2) is 56.8. The van der Waals surface area contributed by atoms with E-state index in [4.69, 9.17) is 62.9 Å². The second-order valence-electron chi connectivity index (χ2n) is 38.2. The largest absolute Gasteiger partial charge is 0.507 e. The van der Waals surface area contributed by atoms with Crippen molar-refractivity contribution in [3.8, 4) is 57.5 Å². The quantitative estimate of drug-likeness (QED) is 0.00747. The maximum absolute atomic E-state index is 12.1. The zero-order valence-corrected chi connectivity index (χ0v) is 89.3. The van der Waals surface area contributed by atoms with E-state index in [0.29, 0.717) is 182 Å². The van der Waals surface area contributed by atoms with Crippen molar-refractivity contribution in [1.82, 2.24) is 37.3 Å². The van der Waals surface area contributed by atoms with Crippen LogP contribution in [0.15, 0.2) is 104 Å². The van der Waals surface area contributed by atoms with Crippen LogP contribution < -0.4 is 74.8 Å². The molecule has 7 aliphatic heterocycles. The molecule has 806 valence electrons. The lowest BCUT2D eigenvalue weighted by Gasteiger charge is -2.29.